The van der Waals surface area contributed by atoms with Gasteiger partial charge in [-0.05, 0) is 45.8 Å². The molecule has 0 fully saturated rings. The van der Waals surface area contributed by atoms with Crippen LogP contribution in [0.4, 0.5) is 0 Å². The van der Waals surface area contributed by atoms with Crippen molar-refractivity contribution in [3.63, 3.8) is 0 Å². The molecule has 0 saturated heterocycles. The van der Waals surface area contributed by atoms with E-state index in [0.717, 1.165) is 0 Å². The van der Waals surface area contributed by atoms with Gasteiger partial charge in [-0.1, -0.05) is 106 Å². The fraction of sp³-hybridized carbons (Fsp3) is 0.286. The lowest BCUT2D eigenvalue weighted by Crippen LogP contribution is -2.63. The molecular weight excluding hydrogens is 364 g/mol. The molecule has 0 N–H and O–H groups in total. The summed E-state index contributed by atoms with van der Waals surface area (Å²) in [4.78, 5) is 0. The molecule has 1 heteroatoms. The molecule has 1 atom stereocenters. The van der Waals surface area contributed by atoms with Gasteiger partial charge in [0.25, 0.3) is 0 Å². The SMILES string of the molecule is CC(C)(C)[Si](C#C[C@H]1CCCc2ccccc21)(c1ccccc1)c1ccccc1. The van der Waals surface area contributed by atoms with Crippen molar-refractivity contribution in [1.82, 2.24) is 0 Å². The molecule has 3 aromatic rings. The van der Waals surface area contributed by atoms with Crippen LogP contribution < -0.4 is 10.4 Å². The van der Waals surface area contributed by atoms with E-state index in [0.29, 0.717) is 5.92 Å². The Bertz CT molecular complexity index is 977. The summed E-state index contributed by atoms with van der Waals surface area (Å²) >= 11 is 0. The van der Waals surface area contributed by atoms with E-state index in [9.17, 15) is 0 Å². The molecule has 0 nitrogen and oxygen atoms in total. The predicted octanol–water partition coefficient (Wildman–Crippen LogP) is 5.71. The number of benzene rings is 3. The first kappa shape index (κ1) is 19.7. The molecule has 0 radical (unpaired) electrons. The Morgan fingerprint density at radius 2 is 1.31 bits per heavy atom. The molecule has 0 amide bonds. The molecule has 29 heavy (non-hydrogen) atoms. The van der Waals surface area contributed by atoms with Crippen LogP contribution in [-0.2, 0) is 6.42 Å². The van der Waals surface area contributed by atoms with Crippen molar-refractivity contribution in [2.45, 2.75) is 51.0 Å². The smallest absolute Gasteiger partial charge is 0.119 e. The van der Waals surface area contributed by atoms with Crippen LogP contribution in [0.5, 0.6) is 0 Å². The summed E-state index contributed by atoms with van der Waals surface area (Å²) in [5.74, 6) is 4.18. The number of hydrogen-bond acceptors (Lipinski definition) is 0. The Kier molecular flexibility index (Phi) is 5.48. The highest BCUT2D eigenvalue weighted by Gasteiger charge is 2.47. The highest BCUT2D eigenvalue weighted by Crippen LogP contribution is 2.36. The third-order valence-corrected chi connectivity index (χ3v) is 11.5. The number of hydrogen-bond donors (Lipinski definition) is 0. The van der Waals surface area contributed by atoms with E-state index in [1.807, 2.05) is 0 Å². The van der Waals surface area contributed by atoms with Crippen LogP contribution in [0.3, 0.4) is 0 Å². The largest absolute Gasteiger partial charge is 0.204 e. The van der Waals surface area contributed by atoms with Crippen molar-refractivity contribution in [3.8, 4) is 11.5 Å². The molecule has 0 spiro atoms. The maximum atomic E-state index is 4.01. The lowest BCUT2D eigenvalue weighted by atomic mass is 9.83. The molecule has 4 rings (SSSR count). The lowest BCUT2D eigenvalue weighted by Gasteiger charge is -2.40. The Hall–Kier alpha value is -2.56. The summed E-state index contributed by atoms with van der Waals surface area (Å²) in [5.41, 5.74) is 6.94. The zero-order valence-electron chi connectivity index (χ0n) is 17.8. The van der Waals surface area contributed by atoms with E-state index in [4.69, 9.17) is 0 Å². The highest BCUT2D eigenvalue weighted by molar-refractivity contribution is 7.10. The molecule has 0 bridgehead atoms. The fourth-order valence-corrected chi connectivity index (χ4v) is 9.34. The first-order chi connectivity index (χ1) is 14.0. The minimum atomic E-state index is -2.32. The predicted molar refractivity (Wildman–Crippen MR) is 128 cm³/mol. The molecule has 1 aliphatic rings. The van der Waals surface area contributed by atoms with E-state index in [2.05, 4.69) is 117 Å². The monoisotopic (exact) mass is 394 g/mol. The van der Waals surface area contributed by atoms with Gasteiger partial charge in [0.05, 0.1) is 0 Å². The van der Waals surface area contributed by atoms with Crippen molar-refractivity contribution in [2.24, 2.45) is 0 Å². The molecule has 146 valence electrons. The quantitative estimate of drug-likeness (QED) is 0.386. The van der Waals surface area contributed by atoms with Gasteiger partial charge in [-0.25, -0.2) is 0 Å². The second kappa shape index (κ2) is 8.05. The van der Waals surface area contributed by atoms with E-state index in [1.54, 1.807) is 0 Å². The summed E-state index contributed by atoms with van der Waals surface area (Å²) in [5, 5.41) is 2.90. The second-order valence-electron chi connectivity index (χ2n) is 9.15. The van der Waals surface area contributed by atoms with Gasteiger partial charge in [-0.3, -0.25) is 0 Å². The van der Waals surface area contributed by atoms with Gasteiger partial charge in [-0.2, -0.15) is 0 Å². The van der Waals surface area contributed by atoms with Gasteiger partial charge in [0.2, 0.25) is 8.07 Å². The average Bonchev–Trinajstić information content (AvgIpc) is 2.75. The first-order valence-electron chi connectivity index (χ1n) is 10.7. The standard InChI is InChI=1S/C28H30Si/c1-28(2,3)29(25-16-6-4-7-17-25,26-18-8-5-9-19-26)22-21-24-15-12-14-23-13-10-11-20-27(23)24/h4-11,13,16-20,24H,12,14-15H2,1-3H3/t24-/m1/s1. The zero-order chi connectivity index (χ0) is 20.3. The van der Waals surface area contributed by atoms with Crippen LogP contribution in [0.1, 0.15) is 50.7 Å². The number of fused-ring (bicyclic) bond motifs is 1. The van der Waals surface area contributed by atoms with E-state index < -0.39 is 8.07 Å². The van der Waals surface area contributed by atoms with Crippen molar-refractivity contribution < 1.29 is 0 Å². The molecule has 3 aromatic carbocycles. The minimum Gasteiger partial charge on any atom is -0.119 e. The van der Waals surface area contributed by atoms with Gasteiger partial charge in [-0.15, -0.1) is 11.5 Å². The summed E-state index contributed by atoms with van der Waals surface area (Å²) in [6.45, 7) is 7.13. The van der Waals surface area contributed by atoms with Gasteiger partial charge in [0.1, 0.15) is 0 Å². The van der Waals surface area contributed by atoms with Gasteiger partial charge in [0.15, 0.2) is 0 Å². The zero-order valence-corrected chi connectivity index (χ0v) is 18.8. The molecule has 0 heterocycles. The van der Waals surface area contributed by atoms with Crippen LogP contribution in [0.25, 0.3) is 0 Å². The van der Waals surface area contributed by atoms with Crippen molar-refractivity contribution >= 4 is 18.4 Å². The topological polar surface area (TPSA) is 0 Å². The first-order valence-corrected chi connectivity index (χ1v) is 12.7. The Morgan fingerprint density at radius 1 is 0.759 bits per heavy atom. The van der Waals surface area contributed by atoms with Crippen LogP contribution in [0, 0.1) is 11.5 Å². The number of aryl methyl sites for hydroxylation is 1. The number of rotatable bonds is 2. The maximum Gasteiger partial charge on any atom is 0.204 e. The summed E-state index contributed by atoms with van der Waals surface area (Å²) < 4.78 is 0. The lowest BCUT2D eigenvalue weighted by molar-refractivity contribution is 0.641. The second-order valence-corrected chi connectivity index (χ2v) is 13.5. The van der Waals surface area contributed by atoms with Crippen LogP contribution in [0.2, 0.25) is 5.04 Å². The maximum absolute atomic E-state index is 4.01. The van der Waals surface area contributed by atoms with E-state index >= 15 is 0 Å². The van der Waals surface area contributed by atoms with Crippen molar-refractivity contribution in [2.75, 3.05) is 0 Å². The van der Waals surface area contributed by atoms with E-state index in [1.165, 1.54) is 40.8 Å². The Balaban J connectivity index is 1.91. The van der Waals surface area contributed by atoms with E-state index in [-0.39, 0.29) is 5.04 Å². The van der Waals surface area contributed by atoms with Crippen molar-refractivity contribution in [1.29, 1.82) is 0 Å². The average molecular weight is 395 g/mol. The highest BCUT2D eigenvalue weighted by atomic mass is 28.3. The Labute approximate surface area is 177 Å². The molecule has 0 saturated carbocycles. The molecule has 1 aliphatic carbocycles. The van der Waals surface area contributed by atoms with Crippen molar-refractivity contribution in [3.05, 3.63) is 96.1 Å². The Morgan fingerprint density at radius 3 is 1.90 bits per heavy atom. The van der Waals surface area contributed by atoms with Crippen LogP contribution >= 0.6 is 0 Å². The van der Waals surface area contributed by atoms with Gasteiger partial charge in [0, 0.05) is 5.92 Å². The summed E-state index contributed by atoms with van der Waals surface area (Å²) in [6.07, 6.45) is 3.59. The normalized spacial score (nSPS) is 16.4. The molecule has 0 aliphatic heterocycles. The van der Waals surface area contributed by atoms with Crippen LogP contribution in [0.15, 0.2) is 84.9 Å². The molecular formula is C28H30Si. The van der Waals surface area contributed by atoms with Gasteiger partial charge < -0.3 is 0 Å². The van der Waals surface area contributed by atoms with Gasteiger partial charge >= 0.3 is 0 Å². The fourth-order valence-electron chi connectivity index (χ4n) is 4.84. The third kappa shape index (κ3) is 3.70. The molecule has 0 unspecified atom stereocenters. The van der Waals surface area contributed by atoms with Crippen LogP contribution in [-0.4, -0.2) is 8.07 Å². The minimum absolute atomic E-state index is 0.0802. The molecule has 0 aromatic heterocycles. The third-order valence-electron chi connectivity index (χ3n) is 6.34. The summed E-state index contributed by atoms with van der Waals surface area (Å²) in [6, 6.07) is 31.0. The summed E-state index contributed by atoms with van der Waals surface area (Å²) in [7, 11) is -2.32.